The van der Waals surface area contributed by atoms with Crippen LogP contribution in [0.2, 0.25) is 0 Å². The van der Waals surface area contributed by atoms with Gasteiger partial charge >= 0.3 is 5.97 Å². The number of carbonyl (C=O) groups is 1. The van der Waals surface area contributed by atoms with Crippen LogP contribution in [0.4, 0.5) is 0 Å². The van der Waals surface area contributed by atoms with Crippen LogP contribution < -0.4 is 0 Å². The smallest absolute Gasteiger partial charge is 0.306 e. The average Bonchev–Trinajstić information content (AvgIpc) is 2.86. The Kier molecular flexibility index (Phi) is 4.18. The minimum absolute atomic E-state index is 0.0985. The minimum atomic E-state index is -0.0985. The monoisotopic (exact) mass is 324 g/mol. The maximum Gasteiger partial charge on any atom is 0.306 e. The van der Waals surface area contributed by atoms with Crippen molar-refractivity contribution in [1.82, 2.24) is 20.2 Å². The fourth-order valence-electron chi connectivity index (χ4n) is 4.06. The number of ether oxygens (including phenoxy) is 1. The molecular weight excluding hydrogens is 300 g/mol. The van der Waals surface area contributed by atoms with Crippen molar-refractivity contribution in [3.05, 3.63) is 0 Å². The molecule has 3 aliphatic carbocycles. The highest BCUT2D eigenvalue weighted by Crippen LogP contribution is 2.61. The van der Waals surface area contributed by atoms with E-state index in [2.05, 4.69) is 36.3 Å². The largest absolute Gasteiger partial charge is 0.462 e. The summed E-state index contributed by atoms with van der Waals surface area (Å²) in [6.45, 7) is 6.94. The van der Waals surface area contributed by atoms with E-state index in [0.29, 0.717) is 35.3 Å². The van der Waals surface area contributed by atoms with Crippen molar-refractivity contribution >= 4 is 17.7 Å². The molecule has 0 aromatic carbocycles. The molecule has 0 saturated heterocycles. The number of tetrazole rings is 1. The van der Waals surface area contributed by atoms with Crippen LogP contribution in [0.25, 0.3) is 0 Å². The molecule has 3 saturated carbocycles. The van der Waals surface area contributed by atoms with E-state index in [1.807, 2.05) is 0 Å². The molecule has 6 nitrogen and oxygen atoms in total. The molecule has 122 valence electrons. The number of hydrogen-bond donors (Lipinski definition) is 0. The van der Waals surface area contributed by atoms with Crippen LogP contribution in [0.5, 0.6) is 0 Å². The molecule has 1 aromatic rings. The molecule has 7 heteroatoms. The van der Waals surface area contributed by atoms with Gasteiger partial charge in [-0.1, -0.05) is 32.5 Å². The van der Waals surface area contributed by atoms with Gasteiger partial charge in [0.15, 0.2) is 0 Å². The zero-order valence-electron chi connectivity index (χ0n) is 13.7. The normalized spacial score (nSPS) is 32.4. The van der Waals surface area contributed by atoms with Gasteiger partial charge in [0, 0.05) is 12.8 Å². The Morgan fingerprint density at radius 2 is 2.23 bits per heavy atom. The van der Waals surface area contributed by atoms with Crippen LogP contribution in [0.1, 0.15) is 40.0 Å². The molecule has 0 spiro atoms. The molecular formula is C15H24N4O2S. The molecule has 3 aliphatic rings. The van der Waals surface area contributed by atoms with E-state index in [1.165, 1.54) is 18.2 Å². The number of aryl methyl sites for hydroxylation is 1. The van der Waals surface area contributed by atoms with Crippen molar-refractivity contribution in [3.8, 4) is 0 Å². The highest BCUT2D eigenvalue weighted by molar-refractivity contribution is 7.99. The molecule has 0 radical (unpaired) electrons. The topological polar surface area (TPSA) is 69.9 Å². The van der Waals surface area contributed by atoms with Gasteiger partial charge < -0.3 is 4.74 Å². The number of nitrogens with zero attached hydrogens (tertiary/aromatic N) is 4. The summed E-state index contributed by atoms with van der Waals surface area (Å²) in [6.07, 6.45) is 2.83. The van der Waals surface area contributed by atoms with Gasteiger partial charge in [-0.25, -0.2) is 4.68 Å². The third-order valence-corrected chi connectivity index (χ3v) is 6.70. The summed E-state index contributed by atoms with van der Waals surface area (Å²) in [5.74, 6) is 2.43. The molecule has 3 fully saturated rings. The van der Waals surface area contributed by atoms with Gasteiger partial charge in [0.1, 0.15) is 6.10 Å². The van der Waals surface area contributed by atoms with Crippen LogP contribution in [-0.4, -0.2) is 38.0 Å². The van der Waals surface area contributed by atoms with Gasteiger partial charge in [-0.2, -0.15) is 0 Å². The number of thioether (sulfide) groups is 1. The molecule has 0 N–H and O–H groups in total. The van der Waals surface area contributed by atoms with Gasteiger partial charge in [-0.3, -0.25) is 4.79 Å². The lowest BCUT2D eigenvalue weighted by atomic mass is 9.45. The Bertz CT molecular complexity index is 559. The first-order valence-corrected chi connectivity index (χ1v) is 8.92. The fourth-order valence-corrected chi connectivity index (χ4v) is 4.82. The molecule has 22 heavy (non-hydrogen) atoms. The van der Waals surface area contributed by atoms with E-state index in [4.69, 9.17) is 4.74 Å². The number of carbonyl (C=O) groups excluding carboxylic acids is 1. The lowest BCUT2D eigenvalue weighted by Gasteiger charge is -2.61. The second-order valence-corrected chi connectivity index (χ2v) is 8.23. The minimum Gasteiger partial charge on any atom is -0.462 e. The van der Waals surface area contributed by atoms with Gasteiger partial charge in [-0.05, 0) is 46.4 Å². The second kappa shape index (κ2) is 5.83. The van der Waals surface area contributed by atoms with Gasteiger partial charge in [0.25, 0.3) is 0 Å². The quantitative estimate of drug-likeness (QED) is 0.611. The van der Waals surface area contributed by atoms with Gasteiger partial charge in [0.05, 0.1) is 6.42 Å². The predicted octanol–water partition coefficient (Wildman–Crippen LogP) is 2.31. The third kappa shape index (κ3) is 2.75. The van der Waals surface area contributed by atoms with Crippen LogP contribution in [0.3, 0.4) is 0 Å². The number of esters is 1. The summed E-state index contributed by atoms with van der Waals surface area (Å²) in [4.78, 5) is 12.1. The van der Waals surface area contributed by atoms with Crippen molar-refractivity contribution in [2.24, 2.45) is 30.2 Å². The van der Waals surface area contributed by atoms with Gasteiger partial charge in [-0.15, -0.1) is 5.10 Å². The van der Waals surface area contributed by atoms with Crippen molar-refractivity contribution in [2.45, 2.75) is 51.3 Å². The van der Waals surface area contributed by atoms with Crippen molar-refractivity contribution in [3.63, 3.8) is 0 Å². The molecule has 1 heterocycles. The molecule has 4 atom stereocenters. The SMILES string of the molecule is C[C@@H]1[C@H]2C[C@H](C[C@H]1OC(=O)CCSc1nnnn1C)C2(C)C. The Morgan fingerprint density at radius 3 is 2.82 bits per heavy atom. The van der Waals surface area contributed by atoms with E-state index in [1.54, 1.807) is 11.7 Å². The second-order valence-electron chi connectivity index (χ2n) is 7.17. The highest BCUT2D eigenvalue weighted by atomic mass is 32.2. The van der Waals surface area contributed by atoms with Crippen LogP contribution >= 0.6 is 11.8 Å². The van der Waals surface area contributed by atoms with Crippen molar-refractivity contribution in [2.75, 3.05) is 5.75 Å². The Balaban J connectivity index is 1.44. The lowest BCUT2D eigenvalue weighted by Crippen LogP contribution is -2.57. The first-order valence-electron chi connectivity index (χ1n) is 7.94. The zero-order chi connectivity index (χ0) is 15.9. The Morgan fingerprint density at radius 1 is 1.45 bits per heavy atom. The summed E-state index contributed by atoms with van der Waals surface area (Å²) in [6, 6.07) is 0. The first-order chi connectivity index (χ1) is 10.4. The van der Waals surface area contributed by atoms with E-state index < -0.39 is 0 Å². The van der Waals surface area contributed by atoms with Crippen molar-refractivity contribution < 1.29 is 9.53 Å². The van der Waals surface area contributed by atoms with Gasteiger partial charge in [0.2, 0.25) is 5.16 Å². The van der Waals surface area contributed by atoms with E-state index in [-0.39, 0.29) is 12.1 Å². The maximum absolute atomic E-state index is 12.1. The summed E-state index contributed by atoms with van der Waals surface area (Å²) in [5, 5.41) is 11.9. The molecule has 2 bridgehead atoms. The maximum atomic E-state index is 12.1. The van der Waals surface area contributed by atoms with Crippen LogP contribution in [0, 0.1) is 23.2 Å². The van der Waals surface area contributed by atoms with Crippen LogP contribution in [-0.2, 0) is 16.6 Å². The third-order valence-electron chi connectivity index (χ3n) is 5.69. The zero-order valence-corrected chi connectivity index (χ0v) is 14.5. The highest BCUT2D eigenvalue weighted by Gasteiger charge is 2.57. The summed E-state index contributed by atoms with van der Waals surface area (Å²) >= 11 is 1.48. The predicted molar refractivity (Wildman–Crippen MR) is 83.2 cm³/mol. The molecule has 0 amide bonds. The lowest BCUT2D eigenvalue weighted by molar-refractivity contribution is -0.185. The summed E-state index contributed by atoms with van der Waals surface area (Å²) in [7, 11) is 1.79. The standard InChI is InChI=1S/C15H24N4O2S/c1-9-11-7-10(15(11,2)3)8-12(9)21-13(20)5-6-22-14-16-17-18-19(14)4/h9-12H,5-8H2,1-4H3/t9-,10-,11-,12-/m1/s1. The number of aromatic nitrogens is 4. The van der Waals surface area contributed by atoms with E-state index >= 15 is 0 Å². The first kappa shape index (κ1) is 15.8. The Hall–Kier alpha value is -1.11. The Labute approximate surface area is 135 Å². The van der Waals surface area contributed by atoms with Crippen molar-refractivity contribution in [1.29, 1.82) is 0 Å². The molecule has 4 rings (SSSR count). The number of hydrogen-bond acceptors (Lipinski definition) is 6. The summed E-state index contributed by atoms with van der Waals surface area (Å²) in [5.41, 5.74) is 0.427. The van der Waals surface area contributed by atoms with Crippen LogP contribution in [0.15, 0.2) is 5.16 Å². The average molecular weight is 324 g/mol. The molecule has 1 aromatic heterocycles. The molecule has 0 aliphatic heterocycles. The molecule has 0 unspecified atom stereocenters. The number of rotatable bonds is 5. The fraction of sp³-hybridized carbons (Fsp3) is 0.867. The van der Waals surface area contributed by atoms with E-state index in [9.17, 15) is 4.79 Å². The van der Waals surface area contributed by atoms with E-state index in [0.717, 1.165) is 11.6 Å². The number of fused-ring (bicyclic) bond motifs is 2. The summed E-state index contributed by atoms with van der Waals surface area (Å²) < 4.78 is 7.34.